The lowest BCUT2D eigenvalue weighted by Gasteiger charge is -2.06. The van der Waals surface area contributed by atoms with Gasteiger partial charge in [0.15, 0.2) is 0 Å². The second kappa shape index (κ2) is 9.81. The molecule has 136 valence electrons. The summed E-state index contributed by atoms with van der Waals surface area (Å²) in [6.45, 7) is 5.33. The van der Waals surface area contributed by atoms with E-state index in [1.807, 2.05) is 35.7 Å². The van der Waals surface area contributed by atoms with Gasteiger partial charge in [-0.2, -0.15) is 0 Å². The van der Waals surface area contributed by atoms with Crippen LogP contribution < -0.4 is 10.6 Å². The number of hydrogen-bond donors (Lipinski definition) is 2. The summed E-state index contributed by atoms with van der Waals surface area (Å²) >= 11 is 0. The van der Waals surface area contributed by atoms with Crippen LogP contribution in [0.15, 0.2) is 24.4 Å². The number of amides is 2. The Morgan fingerprint density at radius 3 is 2.68 bits per heavy atom. The molecule has 2 amide bonds. The molecule has 6 heteroatoms. The Morgan fingerprint density at radius 2 is 1.88 bits per heavy atom. The minimum Gasteiger partial charge on any atom is -0.356 e. The smallest absolute Gasteiger partial charge is 0.270 e. The maximum Gasteiger partial charge on any atom is 0.270 e. The molecule has 0 radical (unpaired) electrons. The molecule has 0 aliphatic rings. The molecule has 0 aliphatic carbocycles. The molecule has 0 bridgehead atoms. The topological polar surface area (TPSA) is 75.5 Å². The number of fused-ring (bicyclic) bond motifs is 1. The summed E-state index contributed by atoms with van der Waals surface area (Å²) in [6, 6.07) is 5.67. The highest BCUT2D eigenvalue weighted by atomic mass is 16.2. The highest BCUT2D eigenvalue weighted by molar-refractivity contribution is 5.94. The van der Waals surface area contributed by atoms with Gasteiger partial charge in [0.25, 0.3) is 5.91 Å². The Bertz CT molecular complexity index is 709. The lowest BCUT2D eigenvalue weighted by atomic mass is 10.2. The van der Waals surface area contributed by atoms with Crippen molar-refractivity contribution in [3.05, 3.63) is 35.8 Å². The second-order valence-corrected chi connectivity index (χ2v) is 6.24. The fraction of sp³-hybridized carbons (Fsp3) is 0.526. The van der Waals surface area contributed by atoms with Crippen molar-refractivity contribution in [3.63, 3.8) is 0 Å². The van der Waals surface area contributed by atoms with Crippen molar-refractivity contribution in [2.45, 2.75) is 52.4 Å². The van der Waals surface area contributed by atoms with Crippen LogP contribution in [0.2, 0.25) is 0 Å². The molecule has 0 atom stereocenters. The van der Waals surface area contributed by atoms with Gasteiger partial charge in [-0.15, -0.1) is 0 Å². The quantitative estimate of drug-likeness (QED) is 0.651. The normalized spacial score (nSPS) is 10.8. The molecule has 2 heterocycles. The minimum absolute atomic E-state index is 0.103. The van der Waals surface area contributed by atoms with Crippen LogP contribution in [-0.2, 0) is 4.79 Å². The monoisotopic (exact) mass is 344 g/mol. The number of hydrogen-bond acceptors (Lipinski definition) is 3. The Morgan fingerprint density at radius 1 is 1.08 bits per heavy atom. The highest BCUT2D eigenvalue weighted by Gasteiger charge is 2.15. The zero-order valence-electron chi connectivity index (χ0n) is 15.2. The summed E-state index contributed by atoms with van der Waals surface area (Å²) in [5.41, 5.74) is 2.09. The van der Waals surface area contributed by atoms with Crippen molar-refractivity contribution in [2.24, 2.45) is 0 Å². The molecule has 0 aliphatic heterocycles. The van der Waals surface area contributed by atoms with Crippen LogP contribution in [0.1, 0.15) is 61.6 Å². The molecule has 0 fully saturated rings. The number of pyridine rings is 1. The zero-order chi connectivity index (χ0) is 18.1. The molecule has 0 aromatic carbocycles. The molecular weight excluding hydrogens is 316 g/mol. The molecular formula is C19H28N4O2. The van der Waals surface area contributed by atoms with Crippen LogP contribution in [0.5, 0.6) is 0 Å². The average molecular weight is 344 g/mol. The molecule has 0 saturated heterocycles. The molecule has 2 rings (SSSR count). The van der Waals surface area contributed by atoms with E-state index in [0.717, 1.165) is 50.0 Å². The van der Waals surface area contributed by atoms with Gasteiger partial charge in [0, 0.05) is 25.7 Å². The van der Waals surface area contributed by atoms with E-state index >= 15 is 0 Å². The zero-order valence-corrected chi connectivity index (χ0v) is 15.2. The van der Waals surface area contributed by atoms with Gasteiger partial charge in [0.05, 0.1) is 5.69 Å². The van der Waals surface area contributed by atoms with Gasteiger partial charge in [-0.25, -0.2) is 4.98 Å². The van der Waals surface area contributed by atoms with E-state index < -0.39 is 0 Å². The molecule has 2 aromatic rings. The molecule has 0 spiro atoms. The predicted molar refractivity (Wildman–Crippen MR) is 98.6 cm³/mol. The molecule has 25 heavy (non-hydrogen) atoms. The number of rotatable bonds is 10. The van der Waals surface area contributed by atoms with Crippen molar-refractivity contribution in [1.29, 1.82) is 0 Å². The lowest BCUT2D eigenvalue weighted by Crippen LogP contribution is -2.26. The van der Waals surface area contributed by atoms with Crippen LogP contribution in [-0.4, -0.2) is 34.3 Å². The lowest BCUT2D eigenvalue weighted by molar-refractivity contribution is -0.121. The van der Waals surface area contributed by atoms with E-state index in [0.29, 0.717) is 18.7 Å². The molecule has 0 unspecified atom stereocenters. The largest absolute Gasteiger partial charge is 0.356 e. The number of unbranched alkanes of at least 4 members (excludes halogenated alkanes) is 3. The van der Waals surface area contributed by atoms with E-state index in [2.05, 4.69) is 22.5 Å². The number of carbonyl (C=O) groups is 2. The second-order valence-electron chi connectivity index (χ2n) is 6.24. The maximum absolute atomic E-state index is 12.4. The number of aryl methyl sites for hydroxylation is 1. The average Bonchev–Trinajstić information content (AvgIpc) is 2.93. The fourth-order valence-electron chi connectivity index (χ4n) is 2.75. The van der Waals surface area contributed by atoms with Gasteiger partial charge in [-0.05, 0) is 38.3 Å². The van der Waals surface area contributed by atoms with E-state index in [1.54, 1.807) is 0 Å². The van der Waals surface area contributed by atoms with Gasteiger partial charge in [-0.3, -0.25) is 14.0 Å². The summed E-state index contributed by atoms with van der Waals surface area (Å²) in [7, 11) is 0. The summed E-state index contributed by atoms with van der Waals surface area (Å²) in [5.74, 6) is 0.0207. The summed E-state index contributed by atoms with van der Waals surface area (Å²) in [4.78, 5) is 28.4. The Hall–Kier alpha value is -2.37. The van der Waals surface area contributed by atoms with Crippen LogP contribution in [0.4, 0.5) is 0 Å². The van der Waals surface area contributed by atoms with Crippen molar-refractivity contribution in [3.8, 4) is 0 Å². The van der Waals surface area contributed by atoms with Crippen LogP contribution in [0.25, 0.3) is 5.65 Å². The van der Waals surface area contributed by atoms with Gasteiger partial charge in [-0.1, -0.05) is 25.8 Å². The first kappa shape index (κ1) is 19.0. The SMILES string of the molecule is CCCCNC(=O)CCCCCNC(=O)c1c(C)nc2ccccn12. The minimum atomic E-state index is -0.103. The van der Waals surface area contributed by atoms with Gasteiger partial charge < -0.3 is 10.6 Å². The van der Waals surface area contributed by atoms with E-state index in [9.17, 15) is 9.59 Å². The van der Waals surface area contributed by atoms with Gasteiger partial charge >= 0.3 is 0 Å². The molecule has 2 N–H and O–H groups in total. The summed E-state index contributed by atoms with van der Waals surface area (Å²) in [6.07, 6.45) is 7.16. The first-order valence-electron chi connectivity index (χ1n) is 9.12. The number of aromatic nitrogens is 2. The highest BCUT2D eigenvalue weighted by Crippen LogP contribution is 2.11. The summed E-state index contributed by atoms with van der Waals surface area (Å²) < 4.78 is 1.81. The van der Waals surface area contributed by atoms with Gasteiger partial charge in [0.2, 0.25) is 5.91 Å². The first-order chi connectivity index (χ1) is 12.1. The van der Waals surface area contributed by atoms with Gasteiger partial charge in [0.1, 0.15) is 11.3 Å². The number of nitrogens with zero attached hydrogens (tertiary/aromatic N) is 2. The number of imidazole rings is 1. The number of carbonyl (C=O) groups excluding carboxylic acids is 2. The number of nitrogens with one attached hydrogen (secondary N) is 2. The van der Waals surface area contributed by atoms with E-state index in [4.69, 9.17) is 0 Å². The van der Waals surface area contributed by atoms with E-state index in [-0.39, 0.29) is 11.8 Å². The Labute approximate surface area is 149 Å². The predicted octanol–water partition coefficient (Wildman–Crippen LogP) is 2.85. The van der Waals surface area contributed by atoms with Crippen molar-refractivity contribution >= 4 is 17.5 Å². The van der Waals surface area contributed by atoms with Crippen molar-refractivity contribution < 1.29 is 9.59 Å². The molecule has 0 saturated carbocycles. The van der Waals surface area contributed by atoms with Crippen molar-refractivity contribution in [1.82, 2.24) is 20.0 Å². The maximum atomic E-state index is 12.4. The molecule has 2 aromatic heterocycles. The first-order valence-corrected chi connectivity index (χ1v) is 9.12. The van der Waals surface area contributed by atoms with Crippen LogP contribution in [0, 0.1) is 6.92 Å². The third-order valence-corrected chi connectivity index (χ3v) is 4.14. The van der Waals surface area contributed by atoms with Crippen LogP contribution in [0.3, 0.4) is 0 Å². The van der Waals surface area contributed by atoms with Crippen molar-refractivity contribution in [2.75, 3.05) is 13.1 Å². The standard InChI is InChI=1S/C19H28N4O2/c1-3-4-12-20-17(24)11-6-5-8-13-21-19(25)18-15(2)22-16-10-7-9-14-23(16)18/h7,9-10,14H,3-6,8,11-13H2,1-2H3,(H,20,24)(H,21,25). The molecule has 6 nitrogen and oxygen atoms in total. The van der Waals surface area contributed by atoms with E-state index in [1.165, 1.54) is 0 Å². The third kappa shape index (κ3) is 5.59. The Balaban J connectivity index is 1.67. The third-order valence-electron chi connectivity index (χ3n) is 4.14. The fourth-order valence-corrected chi connectivity index (χ4v) is 2.75. The summed E-state index contributed by atoms with van der Waals surface area (Å²) in [5, 5.41) is 5.86. The Kier molecular flexibility index (Phi) is 7.44. The van der Waals surface area contributed by atoms with Crippen LogP contribution >= 0.6 is 0 Å².